The second kappa shape index (κ2) is 10.7. The Morgan fingerprint density at radius 2 is 2.19 bits per heavy atom. The number of nitrogens with zero attached hydrogens (tertiary/aromatic N) is 2. The quantitative estimate of drug-likeness (QED) is 0.452. The Labute approximate surface area is 166 Å². The smallest absolute Gasteiger partial charge is 0.230 e. The molecule has 0 aliphatic heterocycles. The summed E-state index contributed by atoms with van der Waals surface area (Å²) in [5.41, 5.74) is 1.49. The lowest BCUT2D eigenvalue weighted by atomic mass is 9.97. The summed E-state index contributed by atoms with van der Waals surface area (Å²) in [4.78, 5) is 13.3. The molecule has 2 aromatic heterocycles. The predicted octanol–water partition coefficient (Wildman–Crippen LogP) is 4.35. The summed E-state index contributed by atoms with van der Waals surface area (Å²) < 4.78 is 0.828. The highest BCUT2D eigenvalue weighted by molar-refractivity contribution is 8.01. The minimum absolute atomic E-state index is 0.0637. The summed E-state index contributed by atoms with van der Waals surface area (Å²) in [5.74, 6) is 0.455. The van der Waals surface area contributed by atoms with Crippen LogP contribution in [0.5, 0.6) is 0 Å². The first-order valence-corrected chi connectivity index (χ1v) is 11.6. The predicted molar refractivity (Wildman–Crippen MR) is 111 cm³/mol. The van der Waals surface area contributed by atoms with E-state index < -0.39 is 0 Å². The lowest BCUT2D eigenvalue weighted by molar-refractivity contribution is -0.118. The highest BCUT2D eigenvalue weighted by Gasteiger charge is 2.09. The number of hydrogen-bond donors (Lipinski definition) is 2. The van der Waals surface area contributed by atoms with E-state index in [9.17, 15) is 4.79 Å². The topological polar surface area (TPSA) is 66.9 Å². The van der Waals surface area contributed by atoms with Gasteiger partial charge in [-0.1, -0.05) is 40.8 Å². The van der Waals surface area contributed by atoms with Crippen molar-refractivity contribution in [2.24, 2.45) is 0 Å². The first-order valence-electron chi connectivity index (χ1n) is 8.97. The van der Waals surface area contributed by atoms with Crippen LogP contribution in [0.15, 0.2) is 33.5 Å². The Hall–Kier alpha value is -1.38. The SMILES string of the molecule is O=C(CSc1nnc(NCCc2cccs2)s1)NCCC1=CCCCC1. The average Bonchev–Trinajstić information content (AvgIpc) is 3.33. The fourth-order valence-corrected chi connectivity index (χ4v) is 5.08. The average molecular weight is 409 g/mol. The van der Waals surface area contributed by atoms with Crippen molar-refractivity contribution in [1.29, 1.82) is 0 Å². The van der Waals surface area contributed by atoms with Crippen LogP contribution in [0, 0.1) is 0 Å². The maximum absolute atomic E-state index is 12.0. The third-order valence-corrected chi connectivity index (χ3v) is 7.06. The van der Waals surface area contributed by atoms with Crippen molar-refractivity contribution in [3.05, 3.63) is 34.0 Å². The van der Waals surface area contributed by atoms with E-state index in [2.05, 4.69) is 44.4 Å². The summed E-state index contributed by atoms with van der Waals surface area (Å²) in [6.45, 7) is 1.58. The number of aromatic nitrogens is 2. The zero-order chi connectivity index (χ0) is 18.0. The van der Waals surface area contributed by atoms with E-state index >= 15 is 0 Å². The monoisotopic (exact) mass is 408 g/mol. The van der Waals surface area contributed by atoms with Gasteiger partial charge in [-0.2, -0.15) is 0 Å². The zero-order valence-electron chi connectivity index (χ0n) is 14.7. The molecule has 2 N–H and O–H groups in total. The second-order valence-corrected chi connectivity index (χ2v) is 9.36. The summed E-state index contributed by atoms with van der Waals surface area (Å²) >= 11 is 4.71. The van der Waals surface area contributed by atoms with Gasteiger partial charge in [-0.3, -0.25) is 4.79 Å². The maximum Gasteiger partial charge on any atom is 0.230 e. The van der Waals surface area contributed by atoms with Gasteiger partial charge < -0.3 is 10.6 Å². The molecule has 26 heavy (non-hydrogen) atoms. The van der Waals surface area contributed by atoms with Gasteiger partial charge in [0.1, 0.15) is 0 Å². The van der Waals surface area contributed by atoms with Crippen LogP contribution in [0.4, 0.5) is 5.13 Å². The lowest BCUT2D eigenvalue weighted by Gasteiger charge is -2.12. The number of amides is 1. The van der Waals surface area contributed by atoms with E-state index in [0.29, 0.717) is 5.75 Å². The van der Waals surface area contributed by atoms with Crippen molar-refractivity contribution in [3.8, 4) is 0 Å². The van der Waals surface area contributed by atoms with Crippen molar-refractivity contribution in [2.45, 2.75) is 42.9 Å². The van der Waals surface area contributed by atoms with Crippen molar-refractivity contribution >= 4 is 45.5 Å². The molecule has 0 aromatic carbocycles. The largest absolute Gasteiger partial charge is 0.360 e. The van der Waals surface area contributed by atoms with E-state index in [-0.39, 0.29) is 5.91 Å². The van der Waals surface area contributed by atoms with Crippen LogP contribution in [0.1, 0.15) is 37.0 Å². The molecule has 0 bridgehead atoms. The lowest BCUT2D eigenvalue weighted by Crippen LogP contribution is -2.26. The Bertz CT molecular complexity index is 712. The van der Waals surface area contributed by atoms with Crippen LogP contribution in [-0.2, 0) is 11.2 Å². The minimum Gasteiger partial charge on any atom is -0.360 e. The van der Waals surface area contributed by atoms with Gasteiger partial charge in [-0.25, -0.2) is 0 Å². The Kier molecular flexibility index (Phi) is 7.97. The summed E-state index contributed by atoms with van der Waals surface area (Å²) in [6.07, 6.45) is 9.28. The van der Waals surface area contributed by atoms with Crippen LogP contribution in [-0.4, -0.2) is 34.9 Å². The molecule has 0 fully saturated rings. The fraction of sp³-hybridized carbons (Fsp3) is 0.500. The molecule has 1 aliphatic carbocycles. The van der Waals surface area contributed by atoms with Gasteiger partial charge in [0.15, 0.2) is 4.34 Å². The third kappa shape index (κ3) is 6.74. The van der Waals surface area contributed by atoms with Gasteiger partial charge in [0.2, 0.25) is 11.0 Å². The van der Waals surface area contributed by atoms with Gasteiger partial charge >= 0.3 is 0 Å². The summed E-state index contributed by atoms with van der Waals surface area (Å²) in [5, 5.41) is 17.5. The molecule has 0 atom stereocenters. The Morgan fingerprint density at radius 3 is 3.00 bits per heavy atom. The zero-order valence-corrected chi connectivity index (χ0v) is 17.2. The number of nitrogens with one attached hydrogen (secondary N) is 2. The number of thiophene rings is 1. The molecular weight excluding hydrogens is 384 g/mol. The summed E-state index contributed by atoms with van der Waals surface area (Å²) in [7, 11) is 0. The number of carbonyl (C=O) groups is 1. The molecule has 2 heterocycles. The van der Waals surface area contributed by atoms with Crippen molar-refractivity contribution in [2.75, 3.05) is 24.2 Å². The molecule has 1 amide bonds. The first kappa shape index (κ1) is 19.4. The first-order chi connectivity index (χ1) is 12.8. The normalized spacial score (nSPS) is 14.1. The fourth-order valence-electron chi connectivity index (χ4n) is 2.76. The maximum atomic E-state index is 12.0. The second-order valence-electron chi connectivity index (χ2n) is 6.13. The van der Waals surface area contributed by atoms with Crippen LogP contribution >= 0.6 is 34.4 Å². The molecule has 3 rings (SSSR count). The van der Waals surface area contributed by atoms with Crippen molar-refractivity contribution in [1.82, 2.24) is 15.5 Å². The van der Waals surface area contributed by atoms with Crippen molar-refractivity contribution < 1.29 is 4.79 Å². The number of anilines is 1. The van der Waals surface area contributed by atoms with E-state index in [1.165, 1.54) is 59.2 Å². The van der Waals surface area contributed by atoms with E-state index in [1.807, 2.05) is 0 Å². The molecule has 0 radical (unpaired) electrons. The van der Waals surface area contributed by atoms with Crippen LogP contribution < -0.4 is 10.6 Å². The van der Waals surface area contributed by atoms with Crippen LogP contribution in [0.3, 0.4) is 0 Å². The number of rotatable bonds is 10. The number of carbonyl (C=O) groups excluding carboxylic acids is 1. The van der Waals surface area contributed by atoms with Gasteiger partial charge in [-0.05, 0) is 50.0 Å². The molecule has 0 saturated carbocycles. The molecule has 0 saturated heterocycles. The molecule has 0 spiro atoms. The molecular formula is C18H24N4OS3. The third-order valence-electron chi connectivity index (χ3n) is 4.11. The van der Waals surface area contributed by atoms with Gasteiger partial charge in [0, 0.05) is 18.0 Å². The molecule has 140 valence electrons. The molecule has 8 heteroatoms. The molecule has 0 unspecified atom stereocenters. The Morgan fingerprint density at radius 1 is 1.23 bits per heavy atom. The minimum atomic E-state index is 0.0637. The molecule has 2 aromatic rings. The highest BCUT2D eigenvalue weighted by Crippen LogP contribution is 2.25. The molecule has 5 nitrogen and oxygen atoms in total. The summed E-state index contributed by atoms with van der Waals surface area (Å²) in [6, 6.07) is 4.20. The van der Waals surface area contributed by atoms with E-state index in [4.69, 9.17) is 0 Å². The Balaban J connectivity index is 1.29. The van der Waals surface area contributed by atoms with Crippen LogP contribution in [0.25, 0.3) is 0 Å². The number of allylic oxidation sites excluding steroid dienone is 1. The number of hydrogen-bond acceptors (Lipinski definition) is 7. The van der Waals surface area contributed by atoms with Crippen molar-refractivity contribution in [3.63, 3.8) is 0 Å². The molecule has 1 aliphatic rings. The van der Waals surface area contributed by atoms with Gasteiger partial charge in [-0.15, -0.1) is 21.5 Å². The van der Waals surface area contributed by atoms with Crippen LogP contribution in [0.2, 0.25) is 0 Å². The number of thioether (sulfide) groups is 1. The highest BCUT2D eigenvalue weighted by atomic mass is 32.2. The standard InChI is InChI=1S/C18H24N4OS3/c23-16(19-10-8-14-5-2-1-3-6-14)13-25-18-22-21-17(26-18)20-11-9-15-7-4-12-24-15/h4-5,7,12H,1-3,6,8-11,13H2,(H,19,23)(H,20,21). The van der Waals surface area contributed by atoms with Gasteiger partial charge in [0.05, 0.1) is 5.75 Å². The van der Waals surface area contributed by atoms with E-state index in [0.717, 1.165) is 35.4 Å². The van der Waals surface area contributed by atoms with E-state index in [1.54, 1.807) is 11.3 Å². The van der Waals surface area contributed by atoms with Gasteiger partial charge in [0.25, 0.3) is 0 Å².